The molecule has 35 heavy (non-hydrogen) atoms. The molecule has 1 aliphatic carbocycles. The van der Waals surface area contributed by atoms with E-state index < -0.39 is 21.9 Å². The Labute approximate surface area is 204 Å². The first-order chi connectivity index (χ1) is 16.9. The minimum absolute atomic E-state index is 0.0297. The van der Waals surface area contributed by atoms with E-state index in [1.54, 1.807) is 0 Å². The van der Waals surface area contributed by atoms with Crippen LogP contribution in [0.5, 0.6) is 0 Å². The highest BCUT2D eigenvalue weighted by molar-refractivity contribution is 7.89. The number of rotatable bonds is 7. The van der Waals surface area contributed by atoms with Crippen LogP contribution in [0.2, 0.25) is 0 Å². The van der Waals surface area contributed by atoms with E-state index in [4.69, 9.17) is 4.84 Å². The second-order valence-electron chi connectivity index (χ2n) is 8.64. The number of hydrogen-bond donors (Lipinski definition) is 1. The van der Waals surface area contributed by atoms with Crippen LogP contribution in [-0.2, 0) is 14.9 Å². The van der Waals surface area contributed by atoms with Gasteiger partial charge in [-0.05, 0) is 35.4 Å². The van der Waals surface area contributed by atoms with Gasteiger partial charge in [0.2, 0.25) is 10.0 Å². The third-order valence-corrected chi connectivity index (χ3v) is 8.24. The number of sulfonamides is 1. The van der Waals surface area contributed by atoms with Gasteiger partial charge in [0.05, 0.1) is 4.90 Å². The molecule has 3 aromatic rings. The summed E-state index contributed by atoms with van der Waals surface area (Å²) in [7, 11) is -3.67. The Morgan fingerprint density at radius 2 is 1.40 bits per heavy atom. The fourth-order valence-electron chi connectivity index (χ4n) is 4.54. The first-order valence-corrected chi connectivity index (χ1v) is 12.9. The molecule has 3 aromatic carbocycles. The van der Waals surface area contributed by atoms with Crippen LogP contribution < -0.4 is 0 Å². The summed E-state index contributed by atoms with van der Waals surface area (Å²) in [4.78, 5) is 7.63. The average Bonchev–Trinajstić information content (AvgIpc) is 3.19. The number of oxime groups is 1. The summed E-state index contributed by atoms with van der Waals surface area (Å²) in [6, 6.07) is 20.9. The van der Waals surface area contributed by atoms with Gasteiger partial charge in [0.25, 0.3) is 0 Å². The van der Waals surface area contributed by atoms with E-state index in [-0.39, 0.29) is 11.5 Å². The molecule has 1 heterocycles. The van der Waals surface area contributed by atoms with Gasteiger partial charge in [-0.3, -0.25) is 4.90 Å². The van der Waals surface area contributed by atoms with E-state index >= 15 is 0 Å². The molecule has 0 bridgehead atoms. The smallest absolute Gasteiger partial charge is 0.243 e. The largest absolute Gasteiger partial charge is 0.392 e. The fraction of sp³-hybridized carbons (Fsp3) is 0.269. The van der Waals surface area contributed by atoms with E-state index in [1.165, 1.54) is 16.4 Å². The van der Waals surface area contributed by atoms with Crippen molar-refractivity contribution in [3.63, 3.8) is 0 Å². The lowest BCUT2D eigenvalue weighted by atomic mass is 10.1. The van der Waals surface area contributed by atoms with Gasteiger partial charge in [-0.1, -0.05) is 53.7 Å². The summed E-state index contributed by atoms with van der Waals surface area (Å²) < 4.78 is 40.1. The molecule has 0 unspecified atom stereocenters. The number of β-amino-alcohol motifs (C(OH)–C–C–N with tert-alkyl or cyclic N) is 1. The van der Waals surface area contributed by atoms with E-state index in [0.29, 0.717) is 32.7 Å². The van der Waals surface area contributed by atoms with Gasteiger partial charge >= 0.3 is 0 Å². The summed E-state index contributed by atoms with van der Waals surface area (Å²) in [5.41, 5.74) is 4.98. The molecule has 1 N–H and O–H groups in total. The highest BCUT2D eigenvalue weighted by Gasteiger charge is 2.29. The van der Waals surface area contributed by atoms with Gasteiger partial charge in [-0.25, -0.2) is 12.8 Å². The van der Waals surface area contributed by atoms with Crippen LogP contribution in [0.15, 0.2) is 82.8 Å². The highest BCUT2D eigenvalue weighted by Crippen LogP contribution is 2.36. The predicted molar refractivity (Wildman–Crippen MR) is 131 cm³/mol. The molecule has 1 atom stereocenters. The number of aliphatic hydroxyl groups excluding tert-OH is 1. The molecule has 9 heteroatoms. The minimum atomic E-state index is -3.67. The van der Waals surface area contributed by atoms with Crippen molar-refractivity contribution in [2.24, 2.45) is 5.16 Å². The zero-order valence-electron chi connectivity index (χ0n) is 19.0. The van der Waals surface area contributed by atoms with Gasteiger partial charge in [-0.15, -0.1) is 0 Å². The minimum Gasteiger partial charge on any atom is -0.392 e. The van der Waals surface area contributed by atoms with Crippen LogP contribution in [-0.4, -0.2) is 73.9 Å². The molecule has 2 aliphatic rings. The third kappa shape index (κ3) is 4.85. The Hall–Kier alpha value is -3.11. The van der Waals surface area contributed by atoms with Crippen molar-refractivity contribution >= 4 is 15.7 Å². The van der Waals surface area contributed by atoms with Gasteiger partial charge in [-0.2, -0.15) is 4.31 Å². The SMILES string of the molecule is O=S(=O)(c1ccc(F)cc1)N1CCN(C[C@H](O)CON=C2c3ccccc3-c3ccccc32)CC1. The van der Waals surface area contributed by atoms with E-state index in [1.807, 2.05) is 41.3 Å². The quantitative estimate of drug-likeness (QED) is 0.399. The number of aliphatic hydroxyl groups is 1. The normalized spacial score (nSPS) is 17.0. The lowest BCUT2D eigenvalue weighted by Crippen LogP contribution is -2.50. The van der Waals surface area contributed by atoms with Crippen molar-refractivity contribution in [1.29, 1.82) is 0 Å². The molecular formula is C26H26FN3O4S. The van der Waals surface area contributed by atoms with E-state index in [9.17, 15) is 17.9 Å². The van der Waals surface area contributed by atoms with Crippen molar-refractivity contribution in [2.45, 2.75) is 11.0 Å². The molecule has 7 nitrogen and oxygen atoms in total. The number of benzene rings is 3. The molecule has 5 rings (SSSR count). The molecule has 0 aromatic heterocycles. The van der Waals surface area contributed by atoms with Crippen LogP contribution in [0.1, 0.15) is 11.1 Å². The van der Waals surface area contributed by atoms with Gasteiger partial charge in [0.1, 0.15) is 24.2 Å². The summed E-state index contributed by atoms with van der Waals surface area (Å²) in [6.45, 7) is 1.93. The topological polar surface area (TPSA) is 82.4 Å². The van der Waals surface area contributed by atoms with Crippen molar-refractivity contribution in [3.05, 3.63) is 89.7 Å². The number of halogens is 1. The van der Waals surface area contributed by atoms with Crippen LogP contribution in [0.3, 0.4) is 0 Å². The first kappa shape index (κ1) is 23.6. The maximum atomic E-state index is 13.1. The van der Waals surface area contributed by atoms with Crippen molar-refractivity contribution < 1.29 is 22.8 Å². The summed E-state index contributed by atoms with van der Waals surface area (Å²) in [6.07, 6.45) is -0.772. The van der Waals surface area contributed by atoms with Gasteiger partial charge in [0.15, 0.2) is 0 Å². The van der Waals surface area contributed by atoms with Gasteiger partial charge < -0.3 is 9.94 Å². The molecule has 1 fully saturated rings. The average molecular weight is 496 g/mol. The zero-order chi connectivity index (χ0) is 24.4. The zero-order valence-corrected chi connectivity index (χ0v) is 19.9. The third-order valence-electron chi connectivity index (χ3n) is 6.33. The first-order valence-electron chi connectivity index (χ1n) is 11.5. The molecule has 1 aliphatic heterocycles. The summed E-state index contributed by atoms with van der Waals surface area (Å²) in [5.74, 6) is -0.476. The Bertz CT molecular complexity index is 1290. The molecule has 0 spiro atoms. The maximum absolute atomic E-state index is 13.1. The van der Waals surface area contributed by atoms with Crippen molar-refractivity contribution in [3.8, 4) is 11.1 Å². The highest BCUT2D eigenvalue weighted by atomic mass is 32.2. The van der Waals surface area contributed by atoms with Crippen LogP contribution in [0.4, 0.5) is 4.39 Å². The molecule has 1 saturated heterocycles. The summed E-state index contributed by atoms with van der Waals surface area (Å²) >= 11 is 0. The Morgan fingerprint density at radius 1 is 0.857 bits per heavy atom. The monoisotopic (exact) mass is 495 g/mol. The number of fused-ring (bicyclic) bond motifs is 3. The summed E-state index contributed by atoms with van der Waals surface area (Å²) in [5, 5.41) is 14.8. The number of piperazine rings is 1. The molecule has 0 saturated carbocycles. The molecular weight excluding hydrogens is 469 g/mol. The fourth-order valence-corrected chi connectivity index (χ4v) is 5.96. The van der Waals surface area contributed by atoms with Crippen LogP contribution >= 0.6 is 0 Å². The van der Waals surface area contributed by atoms with Gasteiger partial charge in [0, 0.05) is 43.9 Å². The maximum Gasteiger partial charge on any atom is 0.243 e. The van der Waals surface area contributed by atoms with E-state index in [0.717, 1.165) is 40.1 Å². The van der Waals surface area contributed by atoms with Crippen LogP contribution in [0, 0.1) is 5.82 Å². The second-order valence-corrected chi connectivity index (χ2v) is 10.6. The lowest BCUT2D eigenvalue weighted by Gasteiger charge is -2.34. The second kappa shape index (κ2) is 9.87. The molecule has 0 radical (unpaired) electrons. The molecule has 182 valence electrons. The Balaban J connectivity index is 1.15. The predicted octanol–water partition coefficient (Wildman–Crippen LogP) is 2.94. The van der Waals surface area contributed by atoms with E-state index in [2.05, 4.69) is 17.3 Å². The number of hydrogen-bond acceptors (Lipinski definition) is 6. The Morgan fingerprint density at radius 3 is 1.97 bits per heavy atom. The Kier molecular flexibility index (Phi) is 6.66. The lowest BCUT2D eigenvalue weighted by molar-refractivity contribution is 0.0139. The standard InChI is InChI=1S/C26H26FN3O4S/c27-19-9-11-21(12-10-19)35(32,33)30-15-13-29(14-16-30)17-20(31)18-34-28-26-24-7-3-1-5-22(24)23-6-2-4-8-25(23)26/h1-12,20,31H,13-18H2/t20-/m0/s1. The number of nitrogens with zero attached hydrogens (tertiary/aromatic N) is 3. The van der Waals surface area contributed by atoms with Crippen LogP contribution in [0.25, 0.3) is 11.1 Å². The van der Waals surface area contributed by atoms with Crippen molar-refractivity contribution in [2.75, 3.05) is 39.3 Å². The molecule has 0 amide bonds. The van der Waals surface area contributed by atoms with Crippen molar-refractivity contribution in [1.82, 2.24) is 9.21 Å².